The van der Waals surface area contributed by atoms with Crippen molar-refractivity contribution in [1.29, 1.82) is 0 Å². The summed E-state index contributed by atoms with van der Waals surface area (Å²) in [5.74, 6) is -0.774. The van der Waals surface area contributed by atoms with Crippen LogP contribution in [0.4, 0.5) is 5.69 Å². The number of rotatable bonds is 4. The second kappa shape index (κ2) is 6.35. The fourth-order valence-electron chi connectivity index (χ4n) is 1.56. The number of nitro benzene ring substituents is 1. The summed E-state index contributed by atoms with van der Waals surface area (Å²) in [6.07, 6.45) is 1.10. The number of nitro groups is 1. The van der Waals surface area contributed by atoms with Gasteiger partial charge in [-0.05, 0) is 28.9 Å². The van der Waals surface area contributed by atoms with Gasteiger partial charge in [-0.3, -0.25) is 20.0 Å². The van der Waals surface area contributed by atoms with Crippen LogP contribution < -0.4 is 5.43 Å². The number of carbonyl (C=O) groups excluding carboxylic acids is 1. The number of aryl methyl sites for hydroxylation is 1. The van der Waals surface area contributed by atoms with Gasteiger partial charge in [-0.15, -0.1) is 0 Å². The van der Waals surface area contributed by atoms with E-state index in [2.05, 4.69) is 36.7 Å². The number of halogens is 1. The van der Waals surface area contributed by atoms with Gasteiger partial charge in [0.25, 0.3) is 11.6 Å². The third-order valence-corrected chi connectivity index (χ3v) is 3.20. The summed E-state index contributed by atoms with van der Waals surface area (Å²) in [5.41, 5.74) is 2.94. The Labute approximate surface area is 132 Å². The zero-order chi connectivity index (χ0) is 16.3. The van der Waals surface area contributed by atoms with Crippen molar-refractivity contribution in [3.8, 4) is 5.75 Å². The highest BCUT2D eigenvalue weighted by Gasteiger charge is 2.14. The van der Waals surface area contributed by atoms with E-state index in [0.29, 0.717) is 0 Å². The standard InChI is InChI=1S/C12H10BrN5O4/c1-6-2-10(16-15-6)12(20)17-14-5-7-3-8(18(21)22)4-9(13)11(7)19/h2-5,19H,1H3,(H,15,16)(H,17,20)/b14-5-. The lowest BCUT2D eigenvalue weighted by Crippen LogP contribution is -2.18. The third-order valence-electron chi connectivity index (χ3n) is 2.60. The molecule has 9 nitrogen and oxygen atoms in total. The number of aromatic hydroxyl groups is 1. The van der Waals surface area contributed by atoms with Crippen molar-refractivity contribution in [2.45, 2.75) is 6.92 Å². The maximum atomic E-state index is 11.7. The van der Waals surface area contributed by atoms with Crippen LogP contribution in [-0.4, -0.2) is 32.3 Å². The van der Waals surface area contributed by atoms with Gasteiger partial charge < -0.3 is 5.11 Å². The van der Waals surface area contributed by atoms with Crippen LogP contribution in [0.5, 0.6) is 5.75 Å². The van der Waals surface area contributed by atoms with Gasteiger partial charge in [0, 0.05) is 23.4 Å². The number of hydrogen-bond donors (Lipinski definition) is 3. The van der Waals surface area contributed by atoms with Crippen molar-refractivity contribution in [2.75, 3.05) is 0 Å². The van der Waals surface area contributed by atoms with E-state index in [1.807, 2.05) is 0 Å². The number of amides is 1. The predicted octanol–water partition coefficient (Wildman–Crippen LogP) is 1.86. The molecular formula is C12H10BrN5O4. The molecule has 10 heteroatoms. The third kappa shape index (κ3) is 3.47. The minimum atomic E-state index is -0.605. The van der Waals surface area contributed by atoms with Crippen LogP contribution in [-0.2, 0) is 0 Å². The highest BCUT2D eigenvalue weighted by atomic mass is 79.9. The molecule has 0 atom stereocenters. The Bertz CT molecular complexity index is 771. The molecule has 0 spiro atoms. The summed E-state index contributed by atoms with van der Waals surface area (Å²) in [6, 6.07) is 3.83. The summed E-state index contributed by atoms with van der Waals surface area (Å²) in [7, 11) is 0. The molecule has 0 saturated carbocycles. The average molecular weight is 368 g/mol. The lowest BCUT2D eigenvalue weighted by atomic mass is 10.2. The number of benzene rings is 1. The van der Waals surface area contributed by atoms with Gasteiger partial charge in [-0.1, -0.05) is 0 Å². The van der Waals surface area contributed by atoms with E-state index in [1.165, 1.54) is 6.07 Å². The first-order valence-corrected chi connectivity index (χ1v) is 6.70. The summed E-state index contributed by atoms with van der Waals surface area (Å²) < 4.78 is 0.150. The maximum Gasteiger partial charge on any atom is 0.291 e. The topological polar surface area (TPSA) is 134 Å². The number of non-ortho nitro benzene ring substituents is 1. The Hall–Kier alpha value is -2.75. The lowest BCUT2D eigenvalue weighted by molar-refractivity contribution is -0.385. The molecule has 0 saturated heterocycles. The fourth-order valence-corrected chi connectivity index (χ4v) is 2.02. The SMILES string of the molecule is Cc1cc(C(=O)N/N=C\c2cc([N+](=O)[O-])cc(Br)c2O)n[nH]1. The summed E-state index contributed by atoms with van der Waals surface area (Å²) >= 11 is 3.01. The van der Waals surface area contributed by atoms with Crippen LogP contribution in [0.3, 0.4) is 0 Å². The van der Waals surface area contributed by atoms with Crippen LogP contribution in [0.2, 0.25) is 0 Å². The highest BCUT2D eigenvalue weighted by molar-refractivity contribution is 9.10. The van der Waals surface area contributed by atoms with E-state index in [-0.39, 0.29) is 27.2 Å². The number of hydrogen-bond acceptors (Lipinski definition) is 6. The largest absolute Gasteiger partial charge is 0.506 e. The van der Waals surface area contributed by atoms with Crippen molar-refractivity contribution < 1.29 is 14.8 Å². The van der Waals surface area contributed by atoms with E-state index >= 15 is 0 Å². The zero-order valence-electron chi connectivity index (χ0n) is 11.2. The molecule has 0 radical (unpaired) electrons. The molecule has 0 aliphatic rings. The van der Waals surface area contributed by atoms with Gasteiger partial charge in [-0.2, -0.15) is 10.2 Å². The lowest BCUT2D eigenvalue weighted by Gasteiger charge is -2.02. The fraction of sp³-hybridized carbons (Fsp3) is 0.0833. The molecule has 0 fully saturated rings. The molecule has 2 aromatic rings. The molecule has 0 aliphatic heterocycles. The Morgan fingerprint density at radius 2 is 2.27 bits per heavy atom. The first kappa shape index (κ1) is 15.6. The van der Waals surface area contributed by atoms with Crippen molar-refractivity contribution in [1.82, 2.24) is 15.6 Å². The number of phenols is 1. The van der Waals surface area contributed by atoms with Crippen molar-refractivity contribution in [2.24, 2.45) is 5.10 Å². The zero-order valence-corrected chi connectivity index (χ0v) is 12.8. The molecule has 1 heterocycles. The second-order valence-electron chi connectivity index (χ2n) is 4.26. The molecule has 3 N–H and O–H groups in total. The van der Waals surface area contributed by atoms with Crippen LogP contribution in [0, 0.1) is 17.0 Å². The number of phenolic OH excluding ortho intramolecular Hbond substituents is 1. The van der Waals surface area contributed by atoms with Crippen molar-refractivity contribution in [3.05, 3.63) is 49.7 Å². The first-order valence-electron chi connectivity index (χ1n) is 5.91. The molecule has 1 aromatic carbocycles. The van der Waals surface area contributed by atoms with Gasteiger partial charge in [0.15, 0.2) is 5.69 Å². The number of nitrogens with one attached hydrogen (secondary N) is 2. The second-order valence-corrected chi connectivity index (χ2v) is 5.11. The summed E-state index contributed by atoms with van der Waals surface area (Å²) in [5, 5.41) is 30.6. The number of hydrazone groups is 1. The molecule has 1 amide bonds. The monoisotopic (exact) mass is 367 g/mol. The van der Waals surface area contributed by atoms with Gasteiger partial charge in [-0.25, -0.2) is 5.43 Å². The molecule has 2 rings (SSSR count). The molecule has 0 bridgehead atoms. The molecular weight excluding hydrogens is 358 g/mol. The van der Waals surface area contributed by atoms with Crippen LogP contribution in [0.25, 0.3) is 0 Å². The Kier molecular flexibility index (Phi) is 4.51. The average Bonchev–Trinajstić information content (AvgIpc) is 2.89. The Balaban J connectivity index is 2.16. The number of aromatic amines is 1. The van der Waals surface area contributed by atoms with Crippen molar-refractivity contribution >= 4 is 33.7 Å². The number of H-pyrrole nitrogens is 1. The van der Waals surface area contributed by atoms with Gasteiger partial charge in [0.1, 0.15) is 5.75 Å². The van der Waals surface area contributed by atoms with Crippen LogP contribution in [0.1, 0.15) is 21.7 Å². The van der Waals surface area contributed by atoms with Gasteiger partial charge >= 0.3 is 0 Å². The van der Waals surface area contributed by atoms with E-state index in [4.69, 9.17) is 0 Å². The molecule has 0 unspecified atom stereocenters. The van der Waals surface area contributed by atoms with Crippen LogP contribution >= 0.6 is 15.9 Å². The molecule has 22 heavy (non-hydrogen) atoms. The molecule has 114 valence electrons. The summed E-state index contributed by atoms with van der Waals surface area (Å²) in [4.78, 5) is 21.8. The number of nitrogens with zero attached hydrogens (tertiary/aromatic N) is 3. The Morgan fingerprint density at radius 3 is 2.86 bits per heavy atom. The van der Waals surface area contributed by atoms with E-state index in [9.17, 15) is 20.0 Å². The van der Waals surface area contributed by atoms with E-state index in [0.717, 1.165) is 24.0 Å². The number of carbonyl (C=O) groups is 1. The number of aromatic nitrogens is 2. The van der Waals surface area contributed by atoms with E-state index in [1.54, 1.807) is 6.92 Å². The van der Waals surface area contributed by atoms with Crippen LogP contribution in [0.15, 0.2) is 27.8 Å². The highest BCUT2D eigenvalue weighted by Crippen LogP contribution is 2.31. The smallest absolute Gasteiger partial charge is 0.291 e. The predicted molar refractivity (Wildman–Crippen MR) is 80.8 cm³/mol. The first-order chi connectivity index (χ1) is 10.4. The van der Waals surface area contributed by atoms with E-state index < -0.39 is 10.8 Å². The molecule has 0 aliphatic carbocycles. The normalized spacial score (nSPS) is 10.8. The van der Waals surface area contributed by atoms with Crippen molar-refractivity contribution in [3.63, 3.8) is 0 Å². The quantitative estimate of drug-likeness (QED) is 0.430. The van der Waals surface area contributed by atoms with Gasteiger partial charge in [0.05, 0.1) is 15.6 Å². The minimum absolute atomic E-state index is 0.0829. The minimum Gasteiger partial charge on any atom is -0.506 e. The van der Waals surface area contributed by atoms with Gasteiger partial charge in [0.2, 0.25) is 0 Å². The molecule has 1 aromatic heterocycles. The Morgan fingerprint density at radius 1 is 1.55 bits per heavy atom. The maximum absolute atomic E-state index is 11.7. The summed E-state index contributed by atoms with van der Waals surface area (Å²) in [6.45, 7) is 1.74.